The first-order valence-electron chi connectivity index (χ1n) is 9.26. The third kappa shape index (κ3) is 3.64. The van der Waals surface area contributed by atoms with E-state index in [2.05, 4.69) is 38.0 Å². The van der Waals surface area contributed by atoms with Crippen LogP contribution in [0.4, 0.5) is 4.39 Å². The highest BCUT2D eigenvalue weighted by Crippen LogP contribution is 2.42. The van der Waals surface area contributed by atoms with Crippen molar-refractivity contribution in [1.29, 1.82) is 0 Å². The molecule has 1 aliphatic carbocycles. The summed E-state index contributed by atoms with van der Waals surface area (Å²) >= 11 is 0. The lowest BCUT2D eigenvalue weighted by Gasteiger charge is -2.36. The molecule has 1 aromatic carbocycles. The lowest BCUT2D eigenvalue weighted by Crippen LogP contribution is -2.26. The number of hydrazone groups is 1. The van der Waals surface area contributed by atoms with Gasteiger partial charge in [-0.1, -0.05) is 49.8 Å². The summed E-state index contributed by atoms with van der Waals surface area (Å²) in [4.78, 5) is 12.0. The van der Waals surface area contributed by atoms with Gasteiger partial charge in [0.25, 0.3) is 0 Å². The normalized spacial score (nSPS) is 25.3. The average molecular weight is 354 g/mol. The van der Waals surface area contributed by atoms with E-state index in [0.29, 0.717) is 17.9 Å². The highest BCUT2D eigenvalue weighted by atomic mass is 19.1. The Morgan fingerprint density at radius 3 is 2.73 bits per heavy atom. The summed E-state index contributed by atoms with van der Waals surface area (Å²) in [6, 6.07) is 6.25. The van der Waals surface area contributed by atoms with Crippen molar-refractivity contribution in [2.75, 3.05) is 0 Å². The third-order valence-electron chi connectivity index (χ3n) is 5.59. The SMILES string of the molecule is CC(=O)N1N=C(/C=C/C2C(C)=CCCC2(C)C)CC1c1ccccc1F. The monoisotopic (exact) mass is 354 g/mol. The first-order valence-corrected chi connectivity index (χ1v) is 9.26. The van der Waals surface area contributed by atoms with Gasteiger partial charge in [0, 0.05) is 24.8 Å². The molecule has 3 nitrogen and oxygen atoms in total. The highest BCUT2D eigenvalue weighted by molar-refractivity contribution is 5.98. The van der Waals surface area contributed by atoms with Gasteiger partial charge in [0.1, 0.15) is 5.82 Å². The van der Waals surface area contributed by atoms with E-state index in [4.69, 9.17) is 0 Å². The molecule has 1 aromatic rings. The Bertz CT molecular complexity index is 791. The van der Waals surface area contributed by atoms with Crippen LogP contribution in [0.3, 0.4) is 0 Å². The lowest BCUT2D eigenvalue weighted by atomic mass is 9.68. The molecule has 2 atom stereocenters. The van der Waals surface area contributed by atoms with Gasteiger partial charge in [-0.3, -0.25) is 4.79 Å². The summed E-state index contributed by atoms with van der Waals surface area (Å²) < 4.78 is 14.2. The van der Waals surface area contributed by atoms with Crippen LogP contribution in [-0.2, 0) is 4.79 Å². The molecular weight excluding hydrogens is 327 g/mol. The van der Waals surface area contributed by atoms with Crippen LogP contribution in [0.15, 0.2) is 53.2 Å². The van der Waals surface area contributed by atoms with E-state index in [1.54, 1.807) is 18.2 Å². The van der Waals surface area contributed by atoms with Crippen LogP contribution in [0.2, 0.25) is 0 Å². The maximum Gasteiger partial charge on any atom is 0.240 e. The van der Waals surface area contributed by atoms with Crippen LogP contribution in [0.1, 0.15) is 58.6 Å². The maximum absolute atomic E-state index is 14.2. The molecule has 0 N–H and O–H groups in total. The van der Waals surface area contributed by atoms with E-state index in [1.165, 1.54) is 23.6 Å². The zero-order valence-corrected chi connectivity index (χ0v) is 16.0. The first kappa shape index (κ1) is 18.6. The molecule has 4 heteroatoms. The van der Waals surface area contributed by atoms with Crippen LogP contribution < -0.4 is 0 Å². The molecule has 3 rings (SSSR count). The fourth-order valence-corrected chi connectivity index (χ4v) is 4.10. The van der Waals surface area contributed by atoms with Gasteiger partial charge in [-0.2, -0.15) is 5.10 Å². The Kier molecular flexibility index (Phi) is 5.12. The van der Waals surface area contributed by atoms with Gasteiger partial charge in [0.2, 0.25) is 5.91 Å². The van der Waals surface area contributed by atoms with Crippen molar-refractivity contribution in [1.82, 2.24) is 5.01 Å². The van der Waals surface area contributed by atoms with Crippen LogP contribution in [0, 0.1) is 17.2 Å². The molecule has 0 bridgehead atoms. The molecule has 0 spiro atoms. The Hall–Kier alpha value is -2.23. The fraction of sp³-hybridized carbons (Fsp3) is 0.455. The van der Waals surface area contributed by atoms with Gasteiger partial charge in [0.15, 0.2) is 0 Å². The number of rotatable bonds is 3. The molecule has 0 saturated heterocycles. The van der Waals surface area contributed by atoms with Crippen LogP contribution in [0.5, 0.6) is 0 Å². The zero-order chi connectivity index (χ0) is 18.9. The smallest absolute Gasteiger partial charge is 0.240 e. The summed E-state index contributed by atoms with van der Waals surface area (Å²) in [6.07, 6.45) is 9.34. The molecule has 1 heterocycles. The van der Waals surface area contributed by atoms with Gasteiger partial charge in [0.05, 0.1) is 11.8 Å². The molecule has 2 unspecified atom stereocenters. The van der Waals surface area contributed by atoms with Crippen LogP contribution in [0.25, 0.3) is 0 Å². The maximum atomic E-state index is 14.2. The molecule has 26 heavy (non-hydrogen) atoms. The summed E-state index contributed by atoms with van der Waals surface area (Å²) in [5.41, 5.74) is 2.93. The molecular formula is C22H27FN2O. The van der Waals surface area contributed by atoms with E-state index in [9.17, 15) is 9.18 Å². The number of benzene rings is 1. The number of carbonyl (C=O) groups is 1. The predicted octanol–water partition coefficient (Wildman–Crippen LogP) is 5.41. The van der Waals surface area contributed by atoms with Crippen molar-refractivity contribution in [3.05, 3.63) is 59.4 Å². The quantitative estimate of drug-likeness (QED) is 0.668. The number of nitrogens with zero attached hydrogens (tertiary/aromatic N) is 2. The van der Waals surface area contributed by atoms with Gasteiger partial charge < -0.3 is 0 Å². The number of hydrogen-bond donors (Lipinski definition) is 0. The third-order valence-corrected chi connectivity index (χ3v) is 5.59. The van der Waals surface area contributed by atoms with Gasteiger partial charge >= 0.3 is 0 Å². The molecule has 138 valence electrons. The molecule has 1 aliphatic heterocycles. The van der Waals surface area contributed by atoms with Crippen molar-refractivity contribution in [3.63, 3.8) is 0 Å². The van der Waals surface area contributed by atoms with Crippen molar-refractivity contribution in [2.24, 2.45) is 16.4 Å². The van der Waals surface area contributed by atoms with Crippen molar-refractivity contribution >= 4 is 11.6 Å². The highest BCUT2D eigenvalue weighted by Gasteiger charge is 2.33. The Labute approximate surface area is 155 Å². The average Bonchev–Trinajstić information content (AvgIpc) is 2.98. The van der Waals surface area contributed by atoms with Gasteiger partial charge in [-0.25, -0.2) is 9.40 Å². The van der Waals surface area contributed by atoms with Crippen molar-refractivity contribution in [3.8, 4) is 0 Å². The molecule has 0 fully saturated rings. The van der Waals surface area contributed by atoms with Gasteiger partial charge in [-0.15, -0.1) is 0 Å². The minimum atomic E-state index is -0.371. The van der Waals surface area contributed by atoms with E-state index in [-0.39, 0.29) is 23.2 Å². The van der Waals surface area contributed by atoms with Crippen molar-refractivity contribution < 1.29 is 9.18 Å². The summed E-state index contributed by atoms with van der Waals surface area (Å²) in [7, 11) is 0. The van der Waals surface area contributed by atoms with Crippen LogP contribution >= 0.6 is 0 Å². The second-order valence-electron chi connectivity index (χ2n) is 8.01. The Morgan fingerprint density at radius 2 is 2.08 bits per heavy atom. The number of hydrogen-bond acceptors (Lipinski definition) is 2. The lowest BCUT2D eigenvalue weighted by molar-refractivity contribution is -0.130. The zero-order valence-electron chi connectivity index (χ0n) is 16.0. The van der Waals surface area contributed by atoms with Crippen molar-refractivity contribution in [2.45, 2.75) is 53.0 Å². The topological polar surface area (TPSA) is 32.7 Å². The largest absolute Gasteiger partial charge is 0.273 e. The predicted molar refractivity (Wildman–Crippen MR) is 103 cm³/mol. The summed E-state index contributed by atoms with van der Waals surface area (Å²) in [5.74, 6) is -0.107. The minimum Gasteiger partial charge on any atom is -0.273 e. The molecule has 0 radical (unpaired) electrons. The van der Waals surface area contributed by atoms with Gasteiger partial charge in [-0.05, 0) is 37.3 Å². The second kappa shape index (κ2) is 7.18. The standard InChI is InChI=1S/C22H27FN2O/c1-15-8-7-13-22(3,4)19(15)12-11-17-14-21(25(24-17)16(2)26)18-9-5-6-10-20(18)23/h5-6,8-12,19,21H,7,13-14H2,1-4H3/b12-11+. The number of allylic oxidation sites excluding steroid dienone is 4. The summed E-state index contributed by atoms with van der Waals surface area (Å²) in [5, 5.41) is 5.88. The Balaban J connectivity index is 1.84. The number of amides is 1. The van der Waals surface area contributed by atoms with E-state index < -0.39 is 0 Å². The van der Waals surface area contributed by atoms with E-state index in [1.807, 2.05) is 6.08 Å². The summed E-state index contributed by atoms with van der Waals surface area (Å²) in [6.45, 7) is 8.23. The number of carbonyl (C=O) groups excluding carboxylic acids is 1. The first-order chi connectivity index (χ1) is 12.3. The molecule has 2 aliphatic rings. The molecule has 0 saturated carbocycles. The van der Waals surface area contributed by atoms with E-state index >= 15 is 0 Å². The number of halogens is 1. The second-order valence-corrected chi connectivity index (χ2v) is 8.01. The Morgan fingerprint density at radius 1 is 1.35 bits per heavy atom. The minimum absolute atomic E-state index is 0.171. The molecule has 0 aromatic heterocycles. The molecule has 1 amide bonds. The fourth-order valence-electron chi connectivity index (χ4n) is 4.10. The van der Waals surface area contributed by atoms with E-state index in [0.717, 1.165) is 18.6 Å². The van der Waals surface area contributed by atoms with Crippen LogP contribution in [-0.4, -0.2) is 16.6 Å².